The van der Waals surface area contributed by atoms with Gasteiger partial charge in [0.15, 0.2) is 0 Å². The van der Waals surface area contributed by atoms with Gasteiger partial charge in [-0.05, 0) is 38.3 Å². The highest BCUT2D eigenvalue weighted by Crippen LogP contribution is 2.38. The number of rotatable bonds is 3. The Morgan fingerprint density at radius 1 is 1.50 bits per heavy atom. The summed E-state index contributed by atoms with van der Waals surface area (Å²) < 4.78 is 1.94. The third kappa shape index (κ3) is 1.88. The van der Waals surface area contributed by atoms with Crippen molar-refractivity contribution in [2.24, 2.45) is 7.05 Å². The highest BCUT2D eigenvalue weighted by molar-refractivity contribution is 5.16. The Morgan fingerprint density at radius 2 is 2.33 bits per heavy atom. The van der Waals surface area contributed by atoms with Crippen LogP contribution in [0, 0.1) is 0 Å². The number of hydrogen-bond donors (Lipinski definition) is 1. The Morgan fingerprint density at radius 3 is 3.06 bits per heavy atom. The highest BCUT2D eigenvalue weighted by Gasteiger charge is 2.48. The van der Waals surface area contributed by atoms with E-state index in [9.17, 15) is 5.11 Å². The maximum Gasteiger partial charge on any atom is 0.0869 e. The van der Waals surface area contributed by atoms with Crippen LogP contribution in [0.3, 0.4) is 0 Å². The predicted molar refractivity (Wildman–Crippen MR) is 70.5 cm³/mol. The smallest absolute Gasteiger partial charge is 0.0869 e. The first-order chi connectivity index (χ1) is 8.62. The Bertz CT molecular complexity index is 442. The molecule has 1 N–H and O–H groups in total. The van der Waals surface area contributed by atoms with Crippen LogP contribution in [0.5, 0.6) is 0 Å². The predicted octanol–water partition coefficient (Wildman–Crippen LogP) is 1.12. The zero-order chi connectivity index (χ0) is 12.8. The summed E-state index contributed by atoms with van der Waals surface area (Å²) in [6, 6.07) is 2.52. The Balaban J connectivity index is 1.80. The number of aryl methyl sites for hydroxylation is 2. The van der Waals surface area contributed by atoms with Crippen molar-refractivity contribution in [3.8, 4) is 0 Å². The molecule has 0 radical (unpaired) electrons. The molecule has 100 valence electrons. The van der Waals surface area contributed by atoms with Crippen molar-refractivity contribution in [1.82, 2.24) is 14.7 Å². The highest BCUT2D eigenvalue weighted by atomic mass is 16.3. The van der Waals surface area contributed by atoms with E-state index in [0.29, 0.717) is 6.04 Å². The van der Waals surface area contributed by atoms with Crippen LogP contribution in [0.15, 0.2) is 6.07 Å². The van der Waals surface area contributed by atoms with Crippen molar-refractivity contribution < 1.29 is 5.11 Å². The maximum atomic E-state index is 10.9. The zero-order valence-electron chi connectivity index (χ0n) is 11.4. The van der Waals surface area contributed by atoms with Crippen molar-refractivity contribution in [2.45, 2.75) is 50.7 Å². The lowest BCUT2D eigenvalue weighted by molar-refractivity contribution is 0.0125. The molecule has 4 heteroatoms. The Hall–Kier alpha value is -0.870. The van der Waals surface area contributed by atoms with Crippen LogP contribution >= 0.6 is 0 Å². The number of nitrogens with zero attached hydrogens (tertiary/aromatic N) is 3. The normalized spacial score (nSPS) is 32.1. The van der Waals surface area contributed by atoms with Crippen molar-refractivity contribution in [3.05, 3.63) is 17.5 Å². The second kappa shape index (κ2) is 4.35. The van der Waals surface area contributed by atoms with Gasteiger partial charge in [0.2, 0.25) is 0 Å². The van der Waals surface area contributed by atoms with Gasteiger partial charge in [-0.2, -0.15) is 5.10 Å². The van der Waals surface area contributed by atoms with Gasteiger partial charge in [0.25, 0.3) is 0 Å². The van der Waals surface area contributed by atoms with Gasteiger partial charge in [0.1, 0.15) is 0 Å². The van der Waals surface area contributed by atoms with E-state index < -0.39 is 5.60 Å². The molecule has 2 aliphatic rings. The van der Waals surface area contributed by atoms with Gasteiger partial charge in [-0.1, -0.05) is 6.92 Å². The van der Waals surface area contributed by atoms with E-state index in [1.54, 1.807) is 0 Å². The molecule has 1 aromatic rings. The van der Waals surface area contributed by atoms with Gasteiger partial charge in [0, 0.05) is 31.7 Å². The van der Waals surface area contributed by atoms with E-state index >= 15 is 0 Å². The average Bonchev–Trinajstić information content (AvgIpc) is 3.00. The minimum atomic E-state index is -0.532. The summed E-state index contributed by atoms with van der Waals surface area (Å²) in [5.41, 5.74) is 1.76. The maximum absolute atomic E-state index is 10.9. The third-order valence-electron chi connectivity index (χ3n) is 4.69. The van der Waals surface area contributed by atoms with E-state index in [4.69, 9.17) is 0 Å². The Labute approximate surface area is 109 Å². The van der Waals surface area contributed by atoms with E-state index in [0.717, 1.165) is 37.9 Å². The molecule has 2 atom stereocenters. The molecule has 3 heterocycles. The van der Waals surface area contributed by atoms with E-state index in [2.05, 4.69) is 23.0 Å². The fourth-order valence-corrected chi connectivity index (χ4v) is 3.64. The molecule has 0 aromatic carbocycles. The summed E-state index contributed by atoms with van der Waals surface area (Å²) >= 11 is 0. The van der Waals surface area contributed by atoms with Crippen LogP contribution < -0.4 is 0 Å². The molecule has 2 aliphatic heterocycles. The summed E-state index contributed by atoms with van der Waals surface area (Å²) in [5, 5.41) is 15.4. The SMILES string of the molecule is CCc1cc(CC2(O)CCN3CCCC32)n(C)n1. The second-order valence-corrected chi connectivity index (χ2v) is 5.83. The third-order valence-corrected chi connectivity index (χ3v) is 4.69. The second-order valence-electron chi connectivity index (χ2n) is 5.83. The van der Waals surface area contributed by atoms with Crippen molar-refractivity contribution in [3.63, 3.8) is 0 Å². The van der Waals surface area contributed by atoms with Crippen LogP contribution in [-0.2, 0) is 19.9 Å². The van der Waals surface area contributed by atoms with Gasteiger partial charge in [0.05, 0.1) is 11.3 Å². The van der Waals surface area contributed by atoms with Crippen LogP contribution in [0.1, 0.15) is 37.6 Å². The summed E-state index contributed by atoms with van der Waals surface area (Å²) in [6.45, 7) is 4.34. The first-order valence-corrected chi connectivity index (χ1v) is 7.10. The molecule has 2 unspecified atom stereocenters. The molecular formula is C14H23N3O. The van der Waals surface area contributed by atoms with E-state index in [1.165, 1.54) is 18.7 Å². The molecule has 0 bridgehead atoms. The summed E-state index contributed by atoms with van der Waals surface area (Å²) in [4.78, 5) is 2.46. The van der Waals surface area contributed by atoms with Crippen molar-refractivity contribution in [2.75, 3.05) is 13.1 Å². The topological polar surface area (TPSA) is 41.3 Å². The van der Waals surface area contributed by atoms with Gasteiger partial charge >= 0.3 is 0 Å². The molecule has 2 saturated heterocycles. The molecule has 0 saturated carbocycles. The number of aromatic nitrogens is 2. The quantitative estimate of drug-likeness (QED) is 0.873. The number of aliphatic hydroxyl groups is 1. The molecule has 0 amide bonds. The monoisotopic (exact) mass is 249 g/mol. The molecule has 0 aliphatic carbocycles. The van der Waals surface area contributed by atoms with Gasteiger partial charge in [-0.15, -0.1) is 0 Å². The van der Waals surface area contributed by atoms with Crippen LogP contribution in [0.25, 0.3) is 0 Å². The van der Waals surface area contributed by atoms with Crippen molar-refractivity contribution in [1.29, 1.82) is 0 Å². The lowest BCUT2D eigenvalue weighted by Crippen LogP contribution is -2.43. The fourth-order valence-electron chi connectivity index (χ4n) is 3.64. The van der Waals surface area contributed by atoms with Crippen LogP contribution in [0.2, 0.25) is 0 Å². The number of hydrogen-bond acceptors (Lipinski definition) is 3. The lowest BCUT2D eigenvalue weighted by atomic mass is 9.88. The van der Waals surface area contributed by atoms with E-state index in [1.807, 2.05) is 11.7 Å². The van der Waals surface area contributed by atoms with Gasteiger partial charge < -0.3 is 5.11 Å². The average molecular weight is 249 g/mol. The molecule has 0 spiro atoms. The number of fused-ring (bicyclic) bond motifs is 1. The molecule has 2 fully saturated rings. The molecule has 4 nitrogen and oxygen atoms in total. The fraction of sp³-hybridized carbons (Fsp3) is 0.786. The van der Waals surface area contributed by atoms with Crippen LogP contribution in [-0.4, -0.2) is 44.5 Å². The molecule has 1 aromatic heterocycles. The largest absolute Gasteiger partial charge is 0.388 e. The summed E-state index contributed by atoms with van der Waals surface area (Å²) in [5.74, 6) is 0. The molecule has 18 heavy (non-hydrogen) atoms. The van der Waals surface area contributed by atoms with Crippen molar-refractivity contribution >= 4 is 0 Å². The van der Waals surface area contributed by atoms with Crippen LogP contribution in [0.4, 0.5) is 0 Å². The zero-order valence-corrected chi connectivity index (χ0v) is 11.4. The summed E-state index contributed by atoms with van der Waals surface area (Å²) in [6.07, 6.45) is 5.00. The first kappa shape index (κ1) is 12.2. The standard InChI is InChI=1S/C14H23N3O/c1-3-11-9-12(16(2)15-11)10-14(18)6-8-17-7-4-5-13(14)17/h9,13,18H,3-8,10H2,1-2H3. The molecule has 3 rings (SSSR count). The lowest BCUT2D eigenvalue weighted by Gasteiger charge is -2.29. The minimum Gasteiger partial charge on any atom is -0.388 e. The van der Waals surface area contributed by atoms with Gasteiger partial charge in [-0.25, -0.2) is 0 Å². The first-order valence-electron chi connectivity index (χ1n) is 7.10. The van der Waals surface area contributed by atoms with E-state index in [-0.39, 0.29) is 0 Å². The Kier molecular flexibility index (Phi) is 2.94. The molecular weight excluding hydrogens is 226 g/mol. The minimum absolute atomic E-state index is 0.373. The summed E-state index contributed by atoms with van der Waals surface area (Å²) in [7, 11) is 1.99. The van der Waals surface area contributed by atoms with Gasteiger partial charge in [-0.3, -0.25) is 9.58 Å².